The summed E-state index contributed by atoms with van der Waals surface area (Å²) in [6, 6.07) is 7.20. The summed E-state index contributed by atoms with van der Waals surface area (Å²) >= 11 is 0. The second-order valence-electron chi connectivity index (χ2n) is 8.35. The Morgan fingerprint density at radius 3 is 2.73 bits per heavy atom. The van der Waals surface area contributed by atoms with Crippen molar-refractivity contribution >= 4 is 16.7 Å². The van der Waals surface area contributed by atoms with Crippen molar-refractivity contribution in [1.82, 2.24) is 29.4 Å². The molecule has 4 heterocycles. The molecule has 0 spiro atoms. The van der Waals surface area contributed by atoms with Gasteiger partial charge in [0.1, 0.15) is 11.6 Å². The van der Waals surface area contributed by atoms with Crippen molar-refractivity contribution < 1.29 is 4.79 Å². The Kier molecular flexibility index (Phi) is 4.84. The van der Waals surface area contributed by atoms with Crippen LogP contribution in [0, 0.1) is 0 Å². The maximum atomic E-state index is 13.4. The SMILES string of the molecule is Cn1nc(C(=O)N2CCCC(c3nnc4n3CCCCC4)C2)c2ccccc2c1=O. The molecule has 0 saturated carbocycles. The van der Waals surface area contributed by atoms with Gasteiger partial charge in [-0.25, -0.2) is 4.68 Å². The van der Waals surface area contributed by atoms with E-state index in [2.05, 4.69) is 19.9 Å². The van der Waals surface area contributed by atoms with Crippen LogP contribution in [0.25, 0.3) is 10.8 Å². The first kappa shape index (κ1) is 19.0. The lowest BCUT2D eigenvalue weighted by atomic mass is 9.96. The molecule has 3 aromatic rings. The standard InChI is InChI=1S/C22H26N6O2/c1-26-21(29)17-10-5-4-9-16(17)19(25-26)22(30)27-12-7-8-15(14-27)20-24-23-18-11-3-2-6-13-28(18)20/h4-5,9-10,15H,2-3,6-8,11-14H2,1H3. The Morgan fingerprint density at radius 2 is 1.87 bits per heavy atom. The second-order valence-corrected chi connectivity index (χ2v) is 8.35. The maximum absolute atomic E-state index is 13.4. The fraction of sp³-hybridized carbons (Fsp3) is 0.500. The Labute approximate surface area is 174 Å². The highest BCUT2D eigenvalue weighted by molar-refractivity contribution is 6.04. The van der Waals surface area contributed by atoms with Crippen molar-refractivity contribution in [2.45, 2.75) is 51.0 Å². The molecule has 1 unspecified atom stereocenters. The molecule has 0 aliphatic carbocycles. The molecule has 1 fully saturated rings. The van der Waals surface area contributed by atoms with E-state index in [-0.39, 0.29) is 17.4 Å². The molecule has 0 radical (unpaired) electrons. The molecule has 156 valence electrons. The summed E-state index contributed by atoms with van der Waals surface area (Å²) in [5.41, 5.74) is 0.151. The lowest BCUT2D eigenvalue weighted by molar-refractivity contribution is 0.0697. The van der Waals surface area contributed by atoms with E-state index in [1.54, 1.807) is 19.2 Å². The number of fused-ring (bicyclic) bond motifs is 2. The van der Waals surface area contributed by atoms with Crippen LogP contribution in [0.4, 0.5) is 0 Å². The predicted molar refractivity (Wildman–Crippen MR) is 112 cm³/mol. The molecule has 5 rings (SSSR count). The van der Waals surface area contributed by atoms with Gasteiger partial charge in [-0.15, -0.1) is 10.2 Å². The van der Waals surface area contributed by atoms with Gasteiger partial charge in [0, 0.05) is 44.4 Å². The Hall–Kier alpha value is -3.03. The van der Waals surface area contributed by atoms with Crippen LogP contribution in [0.1, 0.15) is 60.2 Å². The first-order chi connectivity index (χ1) is 14.6. The monoisotopic (exact) mass is 406 g/mol. The third-order valence-corrected chi connectivity index (χ3v) is 6.37. The Morgan fingerprint density at radius 1 is 1.03 bits per heavy atom. The van der Waals surface area contributed by atoms with Gasteiger partial charge >= 0.3 is 0 Å². The van der Waals surface area contributed by atoms with Crippen LogP contribution >= 0.6 is 0 Å². The lowest BCUT2D eigenvalue weighted by Gasteiger charge is -2.32. The van der Waals surface area contributed by atoms with Gasteiger partial charge in [-0.1, -0.05) is 24.6 Å². The lowest BCUT2D eigenvalue weighted by Crippen LogP contribution is -2.41. The molecule has 0 N–H and O–H groups in total. The summed E-state index contributed by atoms with van der Waals surface area (Å²) in [5.74, 6) is 2.15. The van der Waals surface area contributed by atoms with Gasteiger partial charge < -0.3 is 9.47 Å². The minimum Gasteiger partial charge on any atom is -0.337 e. The zero-order valence-electron chi connectivity index (χ0n) is 17.3. The minimum atomic E-state index is -0.190. The van der Waals surface area contributed by atoms with Gasteiger partial charge in [0.25, 0.3) is 11.5 Å². The minimum absolute atomic E-state index is 0.123. The van der Waals surface area contributed by atoms with E-state index >= 15 is 0 Å². The fourth-order valence-corrected chi connectivity index (χ4v) is 4.79. The first-order valence-electron chi connectivity index (χ1n) is 10.8. The highest BCUT2D eigenvalue weighted by Crippen LogP contribution is 2.29. The summed E-state index contributed by atoms with van der Waals surface area (Å²) in [6.07, 6.45) is 6.45. The van der Waals surface area contributed by atoms with E-state index in [1.165, 1.54) is 17.5 Å². The summed E-state index contributed by atoms with van der Waals surface area (Å²) in [7, 11) is 1.59. The molecule has 1 amide bonds. The molecule has 0 bridgehead atoms. The molecule has 1 saturated heterocycles. The van der Waals surface area contributed by atoms with Crippen LogP contribution in [-0.4, -0.2) is 48.4 Å². The second kappa shape index (κ2) is 7.66. The number of likely N-dealkylation sites (tertiary alicyclic amines) is 1. The van der Waals surface area contributed by atoms with Gasteiger partial charge in [0.05, 0.1) is 5.39 Å². The van der Waals surface area contributed by atoms with E-state index in [9.17, 15) is 9.59 Å². The number of benzene rings is 1. The van der Waals surface area contributed by atoms with Crippen molar-refractivity contribution in [3.8, 4) is 0 Å². The highest BCUT2D eigenvalue weighted by atomic mass is 16.2. The Balaban J connectivity index is 1.46. The van der Waals surface area contributed by atoms with Gasteiger partial charge in [0.2, 0.25) is 0 Å². The first-order valence-corrected chi connectivity index (χ1v) is 10.8. The molecule has 2 aliphatic rings. The number of hydrogen-bond acceptors (Lipinski definition) is 5. The molecule has 8 nitrogen and oxygen atoms in total. The molecule has 1 aromatic carbocycles. The number of nitrogens with zero attached hydrogens (tertiary/aromatic N) is 6. The van der Waals surface area contributed by atoms with E-state index < -0.39 is 0 Å². The topological polar surface area (TPSA) is 85.9 Å². The summed E-state index contributed by atoms with van der Waals surface area (Å²) in [6.45, 7) is 2.26. The van der Waals surface area contributed by atoms with Gasteiger partial charge in [-0.05, 0) is 31.7 Å². The number of amides is 1. The van der Waals surface area contributed by atoms with E-state index in [1.807, 2.05) is 17.0 Å². The number of rotatable bonds is 2. The van der Waals surface area contributed by atoms with Gasteiger partial charge in [0.15, 0.2) is 5.69 Å². The van der Waals surface area contributed by atoms with E-state index in [0.717, 1.165) is 43.9 Å². The van der Waals surface area contributed by atoms with Crippen molar-refractivity contribution in [3.05, 3.63) is 52.0 Å². The van der Waals surface area contributed by atoms with Crippen molar-refractivity contribution in [2.24, 2.45) is 7.05 Å². The van der Waals surface area contributed by atoms with Crippen LogP contribution in [0.3, 0.4) is 0 Å². The van der Waals surface area contributed by atoms with Crippen LogP contribution in [0.5, 0.6) is 0 Å². The van der Waals surface area contributed by atoms with Crippen LogP contribution in [0.15, 0.2) is 29.1 Å². The quantitative estimate of drug-likeness (QED) is 0.652. The van der Waals surface area contributed by atoms with Gasteiger partial charge in [-0.3, -0.25) is 9.59 Å². The average Bonchev–Trinajstić information content (AvgIpc) is 3.04. The molecule has 30 heavy (non-hydrogen) atoms. The number of aromatic nitrogens is 5. The van der Waals surface area contributed by atoms with E-state index in [0.29, 0.717) is 29.6 Å². The maximum Gasteiger partial charge on any atom is 0.274 e. The fourth-order valence-electron chi connectivity index (χ4n) is 4.79. The highest BCUT2D eigenvalue weighted by Gasteiger charge is 2.31. The largest absolute Gasteiger partial charge is 0.337 e. The zero-order valence-corrected chi connectivity index (χ0v) is 17.3. The van der Waals surface area contributed by atoms with E-state index in [4.69, 9.17) is 0 Å². The molecule has 8 heteroatoms. The molecular formula is C22H26N6O2. The third kappa shape index (κ3) is 3.20. The summed E-state index contributed by atoms with van der Waals surface area (Å²) in [4.78, 5) is 27.7. The number of carbonyl (C=O) groups excluding carboxylic acids is 1. The number of carbonyl (C=O) groups is 1. The van der Waals surface area contributed by atoms with Crippen molar-refractivity contribution in [2.75, 3.05) is 13.1 Å². The average molecular weight is 406 g/mol. The molecule has 2 aromatic heterocycles. The smallest absolute Gasteiger partial charge is 0.274 e. The Bertz CT molecular complexity index is 1160. The number of aryl methyl sites for hydroxylation is 2. The zero-order chi connectivity index (χ0) is 20.7. The summed E-state index contributed by atoms with van der Waals surface area (Å²) < 4.78 is 3.54. The number of piperidine rings is 1. The van der Waals surface area contributed by atoms with Crippen molar-refractivity contribution in [3.63, 3.8) is 0 Å². The molecular weight excluding hydrogens is 380 g/mol. The van der Waals surface area contributed by atoms with Gasteiger partial charge in [-0.2, -0.15) is 5.10 Å². The number of hydrogen-bond donors (Lipinski definition) is 0. The van der Waals surface area contributed by atoms with Crippen molar-refractivity contribution in [1.29, 1.82) is 0 Å². The normalized spacial score (nSPS) is 19.5. The van der Waals surface area contributed by atoms with Crippen LogP contribution in [0.2, 0.25) is 0 Å². The van der Waals surface area contributed by atoms with Crippen LogP contribution < -0.4 is 5.56 Å². The summed E-state index contributed by atoms with van der Waals surface area (Å²) in [5, 5.41) is 14.4. The molecule has 1 atom stereocenters. The molecule has 2 aliphatic heterocycles. The third-order valence-electron chi connectivity index (χ3n) is 6.37. The predicted octanol–water partition coefficient (Wildman–Crippen LogP) is 2.27. The van der Waals surface area contributed by atoms with Crippen LogP contribution in [-0.2, 0) is 20.0 Å².